The van der Waals surface area contributed by atoms with Crippen LogP contribution in [0.5, 0.6) is 0 Å². The lowest BCUT2D eigenvalue weighted by molar-refractivity contribution is -0.139. The van der Waals surface area contributed by atoms with Gasteiger partial charge in [0.05, 0.1) is 19.0 Å². The Balaban J connectivity index is 2.05. The Labute approximate surface area is 139 Å². The standard InChI is InChI=1S/C19H28N2O2/c1-5-16(7-6-14(2)3)13-21-18(22)12-17(19(21)23)20-10-8-15(4)9-11-20/h5-7,15,17H,1,8-13H2,2-4H3/b16-7+. The minimum atomic E-state index is -0.260. The summed E-state index contributed by atoms with van der Waals surface area (Å²) in [5, 5.41) is 0. The molecule has 2 saturated heterocycles. The van der Waals surface area contributed by atoms with Crippen molar-refractivity contribution in [1.29, 1.82) is 0 Å². The molecule has 2 fully saturated rings. The largest absolute Gasteiger partial charge is 0.292 e. The van der Waals surface area contributed by atoms with Gasteiger partial charge in [0, 0.05) is 0 Å². The Kier molecular flexibility index (Phi) is 5.94. The summed E-state index contributed by atoms with van der Waals surface area (Å²) >= 11 is 0. The number of hydrogen-bond donors (Lipinski definition) is 0. The fraction of sp³-hybridized carbons (Fsp3) is 0.579. The Bertz CT molecular complexity index is 536. The molecule has 0 aromatic carbocycles. The third-order valence-electron chi connectivity index (χ3n) is 4.71. The van der Waals surface area contributed by atoms with Crippen LogP contribution in [0.1, 0.15) is 40.0 Å². The molecule has 2 amide bonds. The quantitative estimate of drug-likeness (QED) is 0.578. The lowest BCUT2D eigenvalue weighted by atomic mass is 9.97. The number of allylic oxidation sites excluding steroid dienone is 3. The molecule has 0 N–H and O–H groups in total. The number of carbonyl (C=O) groups is 2. The number of likely N-dealkylation sites (tertiary alicyclic amines) is 2. The molecular formula is C19H28N2O2. The molecule has 0 aliphatic carbocycles. The Hall–Kier alpha value is -1.68. The van der Waals surface area contributed by atoms with Crippen LogP contribution in [-0.2, 0) is 9.59 Å². The number of amides is 2. The van der Waals surface area contributed by atoms with Crippen molar-refractivity contribution in [2.45, 2.75) is 46.1 Å². The minimum absolute atomic E-state index is 0.0468. The van der Waals surface area contributed by atoms with E-state index >= 15 is 0 Å². The van der Waals surface area contributed by atoms with Gasteiger partial charge in [-0.2, -0.15) is 0 Å². The SMILES string of the molecule is C=C/C(=C\C=C(C)C)CN1C(=O)CC(N2CCC(C)CC2)C1=O. The molecule has 4 nitrogen and oxygen atoms in total. The third kappa shape index (κ3) is 4.41. The second kappa shape index (κ2) is 7.73. The molecule has 2 heterocycles. The normalized spacial score (nSPS) is 24.2. The van der Waals surface area contributed by atoms with E-state index in [1.54, 1.807) is 6.08 Å². The number of carbonyl (C=O) groups excluding carboxylic acids is 2. The number of imide groups is 1. The maximum Gasteiger partial charge on any atom is 0.247 e. The van der Waals surface area contributed by atoms with Crippen LogP contribution in [0.2, 0.25) is 0 Å². The lowest BCUT2D eigenvalue weighted by Gasteiger charge is -2.33. The van der Waals surface area contributed by atoms with Crippen LogP contribution in [0.4, 0.5) is 0 Å². The summed E-state index contributed by atoms with van der Waals surface area (Å²) in [6.45, 7) is 12.2. The van der Waals surface area contributed by atoms with Crippen molar-refractivity contribution in [1.82, 2.24) is 9.80 Å². The smallest absolute Gasteiger partial charge is 0.247 e. The van der Waals surface area contributed by atoms with Crippen molar-refractivity contribution in [2.75, 3.05) is 19.6 Å². The zero-order chi connectivity index (χ0) is 17.0. The summed E-state index contributed by atoms with van der Waals surface area (Å²) in [5.74, 6) is 0.604. The molecule has 0 aromatic rings. The van der Waals surface area contributed by atoms with Crippen molar-refractivity contribution in [2.24, 2.45) is 5.92 Å². The van der Waals surface area contributed by atoms with Gasteiger partial charge in [0.15, 0.2) is 0 Å². The van der Waals surface area contributed by atoms with Crippen molar-refractivity contribution in [3.05, 3.63) is 36.0 Å². The number of nitrogens with zero attached hydrogens (tertiary/aromatic N) is 2. The van der Waals surface area contributed by atoms with E-state index in [9.17, 15) is 9.59 Å². The first-order valence-corrected chi connectivity index (χ1v) is 8.47. The minimum Gasteiger partial charge on any atom is -0.292 e. The zero-order valence-corrected chi connectivity index (χ0v) is 14.5. The van der Waals surface area contributed by atoms with Crippen LogP contribution in [0.3, 0.4) is 0 Å². The van der Waals surface area contributed by atoms with Gasteiger partial charge in [0.2, 0.25) is 11.8 Å². The zero-order valence-electron chi connectivity index (χ0n) is 14.5. The van der Waals surface area contributed by atoms with Crippen molar-refractivity contribution < 1.29 is 9.59 Å². The van der Waals surface area contributed by atoms with Crippen LogP contribution >= 0.6 is 0 Å². The van der Waals surface area contributed by atoms with E-state index in [-0.39, 0.29) is 17.9 Å². The molecule has 1 unspecified atom stereocenters. The summed E-state index contributed by atoms with van der Waals surface area (Å²) in [5.41, 5.74) is 2.06. The van der Waals surface area contributed by atoms with Gasteiger partial charge in [-0.1, -0.05) is 37.3 Å². The summed E-state index contributed by atoms with van der Waals surface area (Å²) < 4.78 is 0. The molecule has 0 radical (unpaired) electrons. The van der Waals surface area contributed by atoms with Gasteiger partial charge in [-0.15, -0.1) is 0 Å². The van der Waals surface area contributed by atoms with Gasteiger partial charge in [0.25, 0.3) is 0 Å². The molecule has 0 saturated carbocycles. The molecule has 2 rings (SSSR count). The number of rotatable bonds is 5. The fourth-order valence-corrected chi connectivity index (χ4v) is 3.10. The first kappa shape index (κ1) is 17.7. The predicted octanol–water partition coefficient (Wildman–Crippen LogP) is 2.92. The van der Waals surface area contributed by atoms with Crippen LogP contribution in [0.25, 0.3) is 0 Å². The van der Waals surface area contributed by atoms with E-state index in [0.29, 0.717) is 18.9 Å². The second-order valence-electron chi connectivity index (χ2n) is 6.95. The van der Waals surface area contributed by atoms with Gasteiger partial charge in [-0.05, 0) is 51.3 Å². The molecule has 2 aliphatic rings. The topological polar surface area (TPSA) is 40.6 Å². The Morgan fingerprint density at radius 2 is 1.87 bits per heavy atom. The molecule has 4 heteroatoms. The molecule has 0 aromatic heterocycles. The Morgan fingerprint density at radius 1 is 1.22 bits per heavy atom. The summed E-state index contributed by atoms with van der Waals surface area (Å²) in [6.07, 6.45) is 8.16. The molecule has 23 heavy (non-hydrogen) atoms. The molecule has 1 atom stereocenters. The van der Waals surface area contributed by atoms with E-state index in [2.05, 4.69) is 18.4 Å². The summed E-state index contributed by atoms with van der Waals surface area (Å²) in [6, 6.07) is -0.260. The highest BCUT2D eigenvalue weighted by molar-refractivity contribution is 6.05. The average Bonchev–Trinajstić information content (AvgIpc) is 2.79. The second-order valence-corrected chi connectivity index (χ2v) is 6.95. The van der Waals surface area contributed by atoms with Gasteiger partial charge in [-0.25, -0.2) is 0 Å². The first-order chi connectivity index (χ1) is 10.9. The van der Waals surface area contributed by atoms with Crippen molar-refractivity contribution in [3.63, 3.8) is 0 Å². The van der Waals surface area contributed by atoms with Gasteiger partial charge >= 0.3 is 0 Å². The van der Waals surface area contributed by atoms with Crippen molar-refractivity contribution in [3.8, 4) is 0 Å². The molecule has 2 aliphatic heterocycles. The van der Waals surface area contributed by atoms with E-state index in [4.69, 9.17) is 0 Å². The van der Waals surface area contributed by atoms with Gasteiger partial charge < -0.3 is 0 Å². The van der Waals surface area contributed by atoms with Crippen LogP contribution in [0.15, 0.2) is 36.0 Å². The van der Waals surface area contributed by atoms with Crippen molar-refractivity contribution >= 4 is 11.8 Å². The molecule has 0 bridgehead atoms. The predicted molar refractivity (Wildman–Crippen MR) is 92.8 cm³/mol. The van der Waals surface area contributed by atoms with E-state index < -0.39 is 0 Å². The molecule has 126 valence electrons. The van der Waals surface area contributed by atoms with E-state index in [1.165, 1.54) is 10.5 Å². The Morgan fingerprint density at radius 3 is 2.43 bits per heavy atom. The maximum atomic E-state index is 12.7. The summed E-state index contributed by atoms with van der Waals surface area (Å²) in [4.78, 5) is 28.6. The number of piperidine rings is 1. The number of hydrogen-bond acceptors (Lipinski definition) is 3. The van der Waals surface area contributed by atoms with E-state index in [1.807, 2.05) is 26.0 Å². The maximum absolute atomic E-state index is 12.7. The van der Waals surface area contributed by atoms with Gasteiger partial charge in [0.1, 0.15) is 0 Å². The monoisotopic (exact) mass is 316 g/mol. The van der Waals surface area contributed by atoms with Crippen LogP contribution in [-0.4, -0.2) is 47.3 Å². The fourth-order valence-electron chi connectivity index (χ4n) is 3.10. The first-order valence-electron chi connectivity index (χ1n) is 8.47. The average molecular weight is 316 g/mol. The van der Waals surface area contributed by atoms with Crippen LogP contribution in [0, 0.1) is 5.92 Å². The van der Waals surface area contributed by atoms with E-state index in [0.717, 1.165) is 31.5 Å². The molecular weight excluding hydrogens is 288 g/mol. The highest BCUT2D eigenvalue weighted by Crippen LogP contribution is 2.25. The highest BCUT2D eigenvalue weighted by atomic mass is 16.2. The summed E-state index contributed by atoms with van der Waals surface area (Å²) in [7, 11) is 0. The highest BCUT2D eigenvalue weighted by Gasteiger charge is 2.42. The lowest BCUT2D eigenvalue weighted by Crippen LogP contribution is -2.45. The molecule has 0 spiro atoms. The van der Waals surface area contributed by atoms with Crippen LogP contribution < -0.4 is 0 Å². The van der Waals surface area contributed by atoms with Gasteiger partial charge in [-0.3, -0.25) is 19.4 Å². The third-order valence-corrected chi connectivity index (χ3v) is 4.71.